The maximum Gasteiger partial charge on any atom is 0.162 e. The van der Waals surface area contributed by atoms with Crippen LogP contribution in [0.25, 0.3) is 0 Å². The van der Waals surface area contributed by atoms with Crippen LogP contribution in [0.1, 0.15) is 17.5 Å². The van der Waals surface area contributed by atoms with E-state index in [2.05, 4.69) is 0 Å². The molecule has 0 aromatic heterocycles. The number of ether oxygens (including phenoxy) is 1. The van der Waals surface area contributed by atoms with Crippen LogP contribution in [0.5, 0.6) is 11.5 Å². The molecule has 0 spiro atoms. The van der Waals surface area contributed by atoms with Gasteiger partial charge in [-0.1, -0.05) is 11.6 Å². The second-order valence-electron chi connectivity index (χ2n) is 3.34. The van der Waals surface area contributed by atoms with E-state index in [1.165, 1.54) is 7.11 Å². The fourth-order valence-electron chi connectivity index (χ4n) is 1.48. The molecule has 1 aromatic rings. The van der Waals surface area contributed by atoms with Crippen LogP contribution >= 0.6 is 11.6 Å². The maximum atomic E-state index is 9.86. The number of aliphatic hydroxyl groups excluding tert-OH is 1. The van der Waals surface area contributed by atoms with Crippen LogP contribution in [-0.2, 0) is 6.42 Å². The summed E-state index contributed by atoms with van der Waals surface area (Å²) in [4.78, 5) is 0. The van der Waals surface area contributed by atoms with E-state index in [0.717, 1.165) is 11.1 Å². The normalized spacial score (nSPS) is 10.4. The second-order valence-corrected chi connectivity index (χ2v) is 3.75. The Morgan fingerprint density at radius 1 is 1.47 bits per heavy atom. The van der Waals surface area contributed by atoms with Crippen molar-refractivity contribution in [1.82, 2.24) is 0 Å². The lowest BCUT2D eigenvalue weighted by Crippen LogP contribution is -1.97. The molecule has 1 rings (SSSR count). The molecule has 0 saturated heterocycles. The molecule has 0 aliphatic heterocycles. The van der Waals surface area contributed by atoms with Gasteiger partial charge in [0, 0.05) is 23.3 Å². The average Bonchev–Trinajstić information content (AvgIpc) is 2.23. The Bertz CT molecular complexity index is 350. The van der Waals surface area contributed by atoms with E-state index in [1.807, 2.05) is 6.92 Å². The molecule has 3 nitrogen and oxygen atoms in total. The summed E-state index contributed by atoms with van der Waals surface area (Å²) in [7, 11) is 1.48. The third-order valence-corrected chi connectivity index (χ3v) is 2.79. The van der Waals surface area contributed by atoms with Gasteiger partial charge in [0.05, 0.1) is 7.11 Å². The molecule has 0 amide bonds. The van der Waals surface area contributed by atoms with Gasteiger partial charge in [-0.25, -0.2) is 0 Å². The lowest BCUT2D eigenvalue weighted by atomic mass is 10.0. The predicted octanol–water partition coefficient (Wildman–Crippen LogP) is 2.29. The molecular weight excluding hydrogens is 216 g/mol. The highest BCUT2D eigenvalue weighted by Gasteiger charge is 2.13. The van der Waals surface area contributed by atoms with Crippen molar-refractivity contribution in [3.63, 3.8) is 0 Å². The van der Waals surface area contributed by atoms with Crippen molar-refractivity contribution in [2.24, 2.45) is 0 Å². The first-order chi connectivity index (χ1) is 7.11. The molecule has 84 valence electrons. The van der Waals surface area contributed by atoms with Gasteiger partial charge in [-0.3, -0.25) is 0 Å². The number of aromatic hydroxyl groups is 1. The van der Waals surface area contributed by atoms with Gasteiger partial charge in [0.25, 0.3) is 0 Å². The number of phenols is 1. The van der Waals surface area contributed by atoms with E-state index in [9.17, 15) is 5.11 Å². The van der Waals surface area contributed by atoms with Gasteiger partial charge in [0.2, 0.25) is 0 Å². The van der Waals surface area contributed by atoms with E-state index in [0.29, 0.717) is 23.6 Å². The lowest BCUT2D eigenvalue weighted by molar-refractivity contribution is 0.287. The first-order valence-electron chi connectivity index (χ1n) is 4.77. The Morgan fingerprint density at radius 3 is 2.67 bits per heavy atom. The SMILES string of the molecule is COc1cc(Cl)c(C)c(CCCO)c1O. The summed E-state index contributed by atoms with van der Waals surface area (Å²) in [6.07, 6.45) is 1.18. The standard InChI is InChI=1S/C11H15ClO3/c1-7-8(4-3-5-13)11(14)10(15-2)6-9(7)12/h6,13-14H,3-5H2,1-2H3. The third-order valence-electron chi connectivity index (χ3n) is 2.39. The van der Waals surface area contributed by atoms with Crippen molar-refractivity contribution in [2.45, 2.75) is 19.8 Å². The number of halogens is 1. The summed E-state index contributed by atoms with van der Waals surface area (Å²) in [6.45, 7) is 1.93. The number of phenolic OH excluding ortho intramolecular Hbond substituents is 1. The van der Waals surface area contributed by atoms with E-state index in [4.69, 9.17) is 21.4 Å². The van der Waals surface area contributed by atoms with Gasteiger partial charge in [0.15, 0.2) is 11.5 Å². The van der Waals surface area contributed by atoms with Crippen LogP contribution in [0.4, 0.5) is 0 Å². The first kappa shape index (κ1) is 12.1. The van der Waals surface area contributed by atoms with Gasteiger partial charge in [0.1, 0.15) is 0 Å². The van der Waals surface area contributed by atoms with Crippen LogP contribution in [-0.4, -0.2) is 23.9 Å². The number of hydrogen-bond donors (Lipinski definition) is 2. The van der Waals surface area contributed by atoms with Crippen LogP contribution in [0.15, 0.2) is 6.07 Å². The van der Waals surface area contributed by atoms with Gasteiger partial charge in [-0.15, -0.1) is 0 Å². The van der Waals surface area contributed by atoms with Crippen molar-refractivity contribution in [2.75, 3.05) is 13.7 Å². The smallest absolute Gasteiger partial charge is 0.162 e. The number of benzene rings is 1. The van der Waals surface area contributed by atoms with Crippen molar-refractivity contribution in [3.8, 4) is 11.5 Å². The summed E-state index contributed by atoms with van der Waals surface area (Å²) in [5.41, 5.74) is 1.58. The molecule has 4 heteroatoms. The molecule has 0 radical (unpaired) electrons. The molecule has 0 unspecified atom stereocenters. The fraction of sp³-hybridized carbons (Fsp3) is 0.455. The lowest BCUT2D eigenvalue weighted by Gasteiger charge is -2.13. The summed E-state index contributed by atoms with van der Waals surface area (Å²) in [5.74, 6) is 0.492. The monoisotopic (exact) mass is 230 g/mol. The summed E-state index contributed by atoms with van der Waals surface area (Å²) < 4.78 is 5.00. The maximum absolute atomic E-state index is 9.86. The van der Waals surface area contributed by atoms with Crippen molar-refractivity contribution >= 4 is 11.6 Å². The van der Waals surface area contributed by atoms with Crippen molar-refractivity contribution in [1.29, 1.82) is 0 Å². The zero-order chi connectivity index (χ0) is 11.4. The Kier molecular flexibility index (Phi) is 4.24. The minimum absolute atomic E-state index is 0.0910. The number of aliphatic hydroxyl groups is 1. The Hall–Kier alpha value is -0.930. The molecule has 0 bridgehead atoms. The van der Waals surface area contributed by atoms with Gasteiger partial charge in [-0.05, 0) is 25.3 Å². The summed E-state index contributed by atoms with van der Waals surface area (Å²) >= 11 is 6.00. The second kappa shape index (κ2) is 5.24. The van der Waals surface area contributed by atoms with Crippen LogP contribution in [0, 0.1) is 6.92 Å². The van der Waals surface area contributed by atoms with Crippen LogP contribution in [0.2, 0.25) is 5.02 Å². The molecule has 1 aromatic carbocycles. The number of rotatable bonds is 4. The number of hydrogen-bond acceptors (Lipinski definition) is 3. The van der Waals surface area contributed by atoms with Crippen LogP contribution < -0.4 is 4.74 Å². The Labute approximate surface area is 94.3 Å². The third kappa shape index (κ3) is 2.55. The molecule has 2 N–H and O–H groups in total. The summed E-state index contributed by atoms with van der Waals surface area (Å²) in [6, 6.07) is 1.59. The minimum Gasteiger partial charge on any atom is -0.504 e. The minimum atomic E-state index is 0.0910. The van der Waals surface area contributed by atoms with E-state index < -0.39 is 0 Å². The predicted molar refractivity (Wildman–Crippen MR) is 59.8 cm³/mol. The molecule has 0 aliphatic rings. The highest BCUT2D eigenvalue weighted by Crippen LogP contribution is 2.37. The Morgan fingerprint density at radius 2 is 2.13 bits per heavy atom. The molecule has 0 aliphatic carbocycles. The largest absolute Gasteiger partial charge is 0.504 e. The van der Waals surface area contributed by atoms with E-state index in [1.54, 1.807) is 6.07 Å². The van der Waals surface area contributed by atoms with Crippen molar-refractivity contribution < 1.29 is 14.9 Å². The van der Waals surface area contributed by atoms with E-state index >= 15 is 0 Å². The molecule has 0 fully saturated rings. The first-order valence-corrected chi connectivity index (χ1v) is 5.15. The average molecular weight is 231 g/mol. The molecule has 0 heterocycles. The van der Waals surface area contributed by atoms with Crippen LogP contribution in [0.3, 0.4) is 0 Å². The highest BCUT2D eigenvalue weighted by atomic mass is 35.5. The van der Waals surface area contributed by atoms with E-state index in [-0.39, 0.29) is 12.4 Å². The Balaban J connectivity index is 3.15. The molecule has 15 heavy (non-hydrogen) atoms. The molecular formula is C11H15ClO3. The topological polar surface area (TPSA) is 49.7 Å². The van der Waals surface area contributed by atoms with Crippen molar-refractivity contribution in [3.05, 3.63) is 22.2 Å². The summed E-state index contributed by atoms with van der Waals surface area (Å²) in [5, 5.41) is 19.2. The van der Waals surface area contributed by atoms with Gasteiger partial charge >= 0.3 is 0 Å². The number of methoxy groups -OCH3 is 1. The van der Waals surface area contributed by atoms with Gasteiger partial charge in [-0.2, -0.15) is 0 Å². The quantitative estimate of drug-likeness (QED) is 0.835. The zero-order valence-corrected chi connectivity index (χ0v) is 9.64. The fourth-order valence-corrected chi connectivity index (χ4v) is 1.69. The molecule has 0 saturated carbocycles. The van der Waals surface area contributed by atoms with Gasteiger partial charge < -0.3 is 14.9 Å². The molecule has 0 atom stereocenters. The highest BCUT2D eigenvalue weighted by molar-refractivity contribution is 6.31. The zero-order valence-electron chi connectivity index (χ0n) is 8.88.